The molecule has 2 aromatic rings. The van der Waals surface area contributed by atoms with E-state index < -0.39 is 0 Å². The van der Waals surface area contributed by atoms with Gasteiger partial charge in [0.05, 0.1) is 15.4 Å². The first kappa shape index (κ1) is 11.4. The lowest BCUT2D eigenvalue weighted by Crippen LogP contribution is -2.15. The highest BCUT2D eigenvalue weighted by molar-refractivity contribution is 7.16. The number of halogens is 2. The number of hydrogen-bond donors (Lipinski definition) is 1. The molecule has 0 amide bonds. The van der Waals surface area contributed by atoms with Crippen LogP contribution in [0, 0.1) is 0 Å². The second-order valence-electron chi connectivity index (χ2n) is 3.00. The van der Waals surface area contributed by atoms with Gasteiger partial charge in [0.2, 0.25) is 0 Å². The van der Waals surface area contributed by atoms with Crippen LogP contribution >= 0.6 is 45.9 Å². The van der Waals surface area contributed by atoms with Gasteiger partial charge in [0, 0.05) is 9.75 Å². The van der Waals surface area contributed by atoms with Gasteiger partial charge in [0.25, 0.3) is 0 Å². The molecule has 80 valence electrons. The maximum atomic E-state index is 6.11. The summed E-state index contributed by atoms with van der Waals surface area (Å²) in [5.41, 5.74) is 0. The van der Waals surface area contributed by atoms with E-state index in [-0.39, 0.29) is 6.04 Å². The van der Waals surface area contributed by atoms with Crippen LogP contribution in [-0.2, 0) is 0 Å². The van der Waals surface area contributed by atoms with E-state index in [0.29, 0.717) is 0 Å². The molecule has 2 rings (SSSR count). The first-order chi connectivity index (χ1) is 7.22. The average Bonchev–Trinajstić information content (AvgIpc) is 2.79. The molecule has 0 aliphatic rings. The first-order valence-electron chi connectivity index (χ1n) is 4.37. The van der Waals surface area contributed by atoms with E-state index in [1.807, 2.05) is 30.6 Å². The summed E-state index contributed by atoms with van der Waals surface area (Å²) in [6, 6.07) is 6.01. The molecular formula is C10H9Cl2NS2. The molecule has 15 heavy (non-hydrogen) atoms. The monoisotopic (exact) mass is 277 g/mol. The van der Waals surface area contributed by atoms with Gasteiger partial charge in [-0.2, -0.15) is 0 Å². The van der Waals surface area contributed by atoms with Gasteiger partial charge in [-0.3, -0.25) is 0 Å². The fourth-order valence-corrected chi connectivity index (χ4v) is 3.95. The SMILES string of the molecule is CNC(c1ccc(Cl)s1)c1sccc1Cl. The van der Waals surface area contributed by atoms with E-state index in [1.165, 1.54) is 4.88 Å². The summed E-state index contributed by atoms with van der Waals surface area (Å²) in [5.74, 6) is 0. The van der Waals surface area contributed by atoms with Crippen LogP contribution in [0.15, 0.2) is 23.6 Å². The zero-order valence-corrected chi connectivity index (χ0v) is 11.1. The molecule has 1 N–H and O–H groups in total. The highest BCUT2D eigenvalue weighted by Crippen LogP contribution is 2.36. The summed E-state index contributed by atoms with van der Waals surface area (Å²) in [6.45, 7) is 0. The Hall–Kier alpha value is -0.0600. The first-order valence-corrected chi connectivity index (χ1v) is 6.83. The minimum absolute atomic E-state index is 0.148. The molecule has 0 saturated carbocycles. The quantitative estimate of drug-likeness (QED) is 0.876. The van der Waals surface area contributed by atoms with Crippen molar-refractivity contribution in [2.75, 3.05) is 7.05 Å². The van der Waals surface area contributed by atoms with Gasteiger partial charge in [-0.15, -0.1) is 22.7 Å². The van der Waals surface area contributed by atoms with Crippen LogP contribution in [0.4, 0.5) is 0 Å². The Labute approximate surface area is 107 Å². The maximum absolute atomic E-state index is 6.11. The van der Waals surface area contributed by atoms with Gasteiger partial charge in [0.1, 0.15) is 0 Å². The second kappa shape index (κ2) is 4.85. The molecule has 2 aromatic heterocycles. The summed E-state index contributed by atoms with van der Waals surface area (Å²) in [4.78, 5) is 2.32. The summed E-state index contributed by atoms with van der Waals surface area (Å²) < 4.78 is 0.804. The van der Waals surface area contributed by atoms with E-state index in [0.717, 1.165) is 14.2 Å². The van der Waals surface area contributed by atoms with E-state index in [9.17, 15) is 0 Å². The fourth-order valence-electron chi connectivity index (χ4n) is 1.40. The number of thiophene rings is 2. The van der Waals surface area contributed by atoms with E-state index >= 15 is 0 Å². The van der Waals surface area contributed by atoms with Crippen molar-refractivity contribution in [1.82, 2.24) is 5.32 Å². The molecule has 0 radical (unpaired) electrons. The smallest absolute Gasteiger partial charge is 0.0931 e. The lowest BCUT2D eigenvalue weighted by molar-refractivity contribution is 0.716. The molecule has 0 bridgehead atoms. The van der Waals surface area contributed by atoms with Crippen LogP contribution in [0.5, 0.6) is 0 Å². The topological polar surface area (TPSA) is 12.0 Å². The zero-order valence-electron chi connectivity index (χ0n) is 7.96. The number of nitrogens with one attached hydrogen (secondary N) is 1. The minimum Gasteiger partial charge on any atom is -0.308 e. The summed E-state index contributed by atoms with van der Waals surface area (Å²) in [6.07, 6.45) is 0. The largest absolute Gasteiger partial charge is 0.308 e. The van der Waals surface area contributed by atoms with Crippen molar-refractivity contribution in [3.63, 3.8) is 0 Å². The molecule has 0 fully saturated rings. The molecule has 1 nitrogen and oxygen atoms in total. The van der Waals surface area contributed by atoms with Gasteiger partial charge in [-0.05, 0) is 30.6 Å². The molecular weight excluding hydrogens is 269 g/mol. The van der Waals surface area contributed by atoms with Crippen molar-refractivity contribution in [1.29, 1.82) is 0 Å². The maximum Gasteiger partial charge on any atom is 0.0931 e. The minimum atomic E-state index is 0.148. The molecule has 0 spiro atoms. The third kappa shape index (κ3) is 2.37. The Kier molecular flexibility index (Phi) is 3.69. The van der Waals surface area contributed by atoms with Crippen LogP contribution in [0.1, 0.15) is 15.8 Å². The highest BCUT2D eigenvalue weighted by Gasteiger charge is 2.17. The number of rotatable bonds is 3. The Balaban J connectivity index is 2.36. The van der Waals surface area contributed by atoms with Crippen LogP contribution < -0.4 is 5.32 Å². The summed E-state index contributed by atoms with van der Waals surface area (Å²) in [7, 11) is 1.92. The standard InChI is InChI=1S/C10H9Cl2NS2/c1-13-9(7-2-3-8(12)15-7)10-6(11)4-5-14-10/h2-5,9,13H,1H3. The Bertz CT molecular complexity index is 450. The van der Waals surface area contributed by atoms with Crippen molar-refractivity contribution >= 4 is 45.9 Å². The molecule has 0 aliphatic heterocycles. The Morgan fingerprint density at radius 2 is 2.07 bits per heavy atom. The molecule has 0 saturated heterocycles. The van der Waals surface area contributed by atoms with Gasteiger partial charge in [-0.1, -0.05) is 23.2 Å². The normalized spacial score (nSPS) is 13.0. The lowest BCUT2D eigenvalue weighted by atomic mass is 10.2. The average molecular weight is 278 g/mol. The van der Waals surface area contributed by atoms with Crippen LogP contribution in [0.2, 0.25) is 9.36 Å². The Morgan fingerprint density at radius 3 is 2.53 bits per heavy atom. The van der Waals surface area contributed by atoms with E-state index in [4.69, 9.17) is 23.2 Å². The predicted octanol–water partition coefficient (Wildman–Crippen LogP) is 4.43. The molecule has 1 atom stereocenters. The number of hydrogen-bond acceptors (Lipinski definition) is 3. The van der Waals surface area contributed by atoms with Crippen molar-refractivity contribution in [2.24, 2.45) is 0 Å². The van der Waals surface area contributed by atoms with Gasteiger partial charge >= 0.3 is 0 Å². The predicted molar refractivity (Wildman–Crippen MR) is 69.6 cm³/mol. The van der Waals surface area contributed by atoms with Crippen LogP contribution in [-0.4, -0.2) is 7.05 Å². The van der Waals surface area contributed by atoms with Gasteiger partial charge in [0.15, 0.2) is 0 Å². The molecule has 1 unspecified atom stereocenters. The van der Waals surface area contributed by atoms with E-state index in [2.05, 4.69) is 5.32 Å². The van der Waals surface area contributed by atoms with Crippen LogP contribution in [0.3, 0.4) is 0 Å². The summed E-state index contributed by atoms with van der Waals surface area (Å²) >= 11 is 15.3. The van der Waals surface area contributed by atoms with Gasteiger partial charge < -0.3 is 5.32 Å². The van der Waals surface area contributed by atoms with Crippen molar-refractivity contribution in [3.8, 4) is 0 Å². The second-order valence-corrected chi connectivity index (χ2v) is 6.10. The Morgan fingerprint density at radius 1 is 1.27 bits per heavy atom. The zero-order chi connectivity index (χ0) is 10.8. The lowest BCUT2D eigenvalue weighted by Gasteiger charge is -2.12. The third-order valence-electron chi connectivity index (χ3n) is 2.07. The molecule has 0 aliphatic carbocycles. The van der Waals surface area contributed by atoms with E-state index in [1.54, 1.807) is 22.7 Å². The molecule has 0 aromatic carbocycles. The van der Waals surface area contributed by atoms with Gasteiger partial charge in [-0.25, -0.2) is 0 Å². The van der Waals surface area contributed by atoms with Crippen LogP contribution in [0.25, 0.3) is 0 Å². The molecule has 5 heteroatoms. The third-order valence-corrected chi connectivity index (χ3v) is 4.79. The fraction of sp³-hybridized carbons (Fsp3) is 0.200. The van der Waals surface area contributed by atoms with Crippen molar-refractivity contribution in [2.45, 2.75) is 6.04 Å². The highest BCUT2D eigenvalue weighted by atomic mass is 35.5. The molecule has 2 heterocycles. The van der Waals surface area contributed by atoms with Crippen molar-refractivity contribution in [3.05, 3.63) is 42.7 Å². The summed E-state index contributed by atoms with van der Waals surface area (Å²) in [5, 5.41) is 6.06. The van der Waals surface area contributed by atoms with Crippen molar-refractivity contribution < 1.29 is 0 Å².